The zero-order valence-electron chi connectivity index (χ0n) is 13.3. The Morgan fingerprint density at radius 3 is 2.14 bits per heavy atom. The fourth-order valence-corrected chi connectivity index (χ4v) is 3.33. The monoisotopic (exact) mass is 310 g/mol. The molecule has 22 heavy (non-hydrogen) atoms. The van der Waals surface area contributed by atoms with Gasteiger partial charge in [0, 0.05) is 0 Å². The Kier molecular flexibility index (Phi) is 6.53. The molecular weight excluding hydrogens is 285 g/mol. The summed E-state index contributed by atoms with van der Waals surface area (Å²) in [6.45, 7) is 2.17. The maximum atomic E-state index is 13.3. The van der Waals surface area contributed by atoms with Crippen molar-refractivity contribution in [1.29, 1.82) is 0 Å². The third kappa shape index (κ3) is 4.62. The lowest BCUT2D eigenvalue weighted by atomic mass is 9.77. The summed E-state index contributed by atoms with van der Waals surface area (Å²) in [7, 11) is 0. The van der Waals surface area contributed by atoms with Crippen LogP contribution in [0.4, 0.5) is 13.2 Å². The maximum Gasteiger partial charge on any atom is 0.194 e. The second-order valence-electron chi connectivity index (χ2n) is 6.35. The molecule has 1 aromatic carbocycles. The second-order valence-corrected chi connectivity index (χ2v) is 6.35. The van der Waals surface area contributed by atoms with Crippen molar-refractivity contribution in [3.05, 3.63) is 47.3 Å². The normalized spacial score (nSPS) is 22.4. The molecule has 0 bridgehead atoms. The van der Waals surface area contributed by atoms with E-state index in [1.165, 1.54) is 12.8 Å². The van der Waals surface area contributed by atoms with Crippen LogP contribution in [0.15, 0.2) is 24.3 Å². The summed E-state index contributed by atoms with van der Waals surface area (Å²) in [5.41, 5.74) is 0.609. The van der Waals surface area contributed by atoms with Crippen LogP contribution in [0.5, 0.6) is 0 Å². The summed E-state index contributed by atoms with van der Waals surface area (Å²) in [6, 6.07) is 2.33. The molecule has 0 amide bonds. The fourth-order valence-electron chi connectivity index (χ4n) is 3.33. The largest absolute Gasteiger partial charge is 0.204 e. The van der Waals surface area contributed by atoms with Crippen molar-refractivity contribution in [2.45, 2.75) is 64.2 Å². The summed E-state index contributed by atoms with van der Waals surface area (Å²) in [5.74, 6) is -2.64. The quantitative estimate of drug-likeness (QED) is 0.415. The summed E-state index contributed by atoms with van der Waals surface area (Å²) >= 11 is 0. The van der Waals surface area contributed by atoms with Gasteiger partial charge < -0.3 is 0 Å². The summed E-state index contributed by atoms with van der Waals surface area (Å²) in [4.78, 5) is 0. The Hall–Kier alpha value is -1.25. The van der Waals surface area contributed by atoms with E-state index >= 15 is 0 Å². The molecule has 0 aromatic heterocycles. The van der Waals surface area contributed by atoms with Crippen LogP contribution in [-0.4, -0.2) is 0 Å². The smallest absolute Gasteiger partial charge is 0.194 e. The van der Waals surface area contributed by atoms with Crippen LogP contribution in [0.1, 0.15) is 69.8 Å². The first-order valence-corrected chi connectivity index (χ1v) is 8.41. The Balaban J connectivity index is 1.82. The Labute approximate surface area is 131 Å². The minimum atomic E-state index is -1.36. The minimum Gasteiger partial charge on any atom is -0.204 e. The average Bonchev–Trinajstić information content (AvgIpc) is 2.52. The van der Waals surface area contributed by atoms with E-state index in [9.17, 15) is 13.2 Å². The molecule has 3 heteroatoms. The van der Waals surface area contributed by atoms with Gasteiger partial charge in [-0.2, -0.15) is 0 Å². The molecule has 1 aliphatic rings. The molecule has 2 rings (SSSR count). The van der Waals surface area contributed by atoms with E-state index < -0.39 is 17.5 Å². The van der Waals surface area contributed by atoms with Crippen LogP contribution in [0.2, 0.25) is 0 Å². The molecule has 0 spiro atoms. The summed E-state index contributed by atoms with van der Waals surface area (Å²) < 4.78 is 39.6. The lowest BCUT2D eigenvalue weighted by Gasteiger charge is -2.28. The molecule has 0 heterocycles. The van der Waals surface area contributed by atoms with Crippen molar-refractivity contribution in [3.8, 4) is 0 Å². The van der Waals surface area contributed by atoms with E-state index in [-0.39, 0.29) is 5.92 Å². The molecule has 0 unspecified atom stereocenters. The van der Waals surface area contributed by atoms with E-state index in [1.807, 2.05) is 0 Å². The maximum absolute atomic E-state index is 13.3. The Morgan fingerprint density at radius 2 is 1.55 bits per heavy atom. The average molecular weight is 310 g/mol. The van der Waals surface area contributed by atoms with Crippen LogP contribution in [-0.2, 0) is 0 Å². The van der Waals surface area contributed by atoms with E-state index in [1.54, 1.807) is 0 Å². The van der Waals surface area contributed by atoms with E-state index in [4.69, 9.17) is 0 Å². The molecular formula is C19H25F3. The SMILES string of the molecule is CCCC=CCCC1CCC(c2cc(F)c(F)c(F)c2)CC1. The van der Waals surface area contributed by atoms with Crippen molar-refractivity contribution in [3.63, 3.8) is 0 Å². The van der Waals surface area contributed by atoms with Gasteiger partial charge in [-0.05, 0) is 74.5 Å². The van der Waals surface area contributed by atoms with Crippen LogP contribution in [0.25, 0.3) is 0 Å². The van der Waals surface area contributed by atoms with Crippen molar-refractivity contribution in [1.82, 2.24) is 0 Å². The van der Waals surface area contributed by atoms with Gasteiger partial charge in [-0.3, -0.25) is 0 Å². The molecule has 0 atom stereocenters. The van der Waals surface area contributed by atoms with Crippen molar-refractivity contribution >= 4 is 0 Å². The predicted octanol–water partition coefficient (Wildman–Crippen LogP) is 6.51. The van der Waals surface area contributed by atoms with Crippen LogP contribution < -0.4 is 0 Å². The van der Waals surface area contributed by atoms with Gasteiger partial charge in [-0.1, -0.05) is 25.5 Å². The fraction of sp³-hybridized carbons (Fsp3) is 0.579. The van der Waals surface area contributed by atoms with Gasteiger partial charge in [-0.15, -0.1) is 0 Å². The van der Waals surface area contributed by atoms with Gasteiger partial charge in [0.2, 0.25) is 0 Å². The molecule has 0 N–H and O–H groups in total. The van der Waals surface area contributed by atoms with Crippen LogP contribution in [0, 0.1) is 23.4 Å². The lowest BCUT2D eigenvalue weighted by molar-refractivity contribution is 0.310. The third-order valence-electron chi connectivity index (χ3n) is 4.69. The number of unbranched alkanes of at least 4 members (excludes halogenated alkanes) is 1. The Bertz CT molecular complexity index is 476. The molecule has 0 saturated heterocycles. The highest BCUT2D eigenvalue weighted by atomic mass is 19.2. The van der Waals surface area contributed by atoms with Gasteiger partial charge in [0.15, 0.2) is 17.5 Å². The zero-order valence-corrected chi connectivity index (χ0v) is 13.3. The number of rotatable bonds is 6. The number of hydrogen-bond acceptors (Lipinski definition) is 0. The van der Waals surface area contributed by atoms with Gasteiger partial charge in [0.25, 0.3) is 0 Å². The van der Waals surface area contributed by atoms with E-state index in [2.05, 4.69) is 19.1 Å². The van der Waals surface area contributed by atoms with Crippen molar-refractivity contribution in [2.24, 2.45) is 5.92 Å². The summed E-state index contributed by atoms with van der Waals surface area (Å²) in [5, 5.41) is 0. The van der Waals surface area contributed by atoms with Crippen LogP contribution >= 0.6 is 0 Å². The first-order valence-electron chi connectivity index (χ1n) is 8.41. The molecule has 1 aliphatic carbocycles. The third-order valence-corrected chi connectivity index (χ3v) is 4.69. The van der Waals surface area contributed by atoms with E-state index in [0.29, 0.717) is 11.5 Å². The van der Waals surface area contributed by atoms with Crippen molar-refractivity contribution in [2.75, 3.05) is 0 Å². The molecule has 1 fully saturated rings. The van der Waals surface area contributed by atoms with Gasteiger partial charge >= 0.3 is 0 Å². The molecule has 122 valence electrons. The molecule has 0 aliphatic heterocycles. The number of allylic oxidation sites excluding steroid dienone is 2. The highest BCUT2D eigenvalue weighted by Crippen LogP contribution is 2.38. The number of hydrogen-bond donors (Lipinski definition) is 0. The number of benzene rings is 1. The minimum absolute atomic E-state index is 0.163. The number of halogens is 3. The van der Waals surface area contributed by atoms with Gasteiger partial charge in [0.1, 0.15) is 0 Å². The van der Waals surface area contributed by atoms with Gasteiger partial charge in [-0.25, -0.2) is 13.2 Å². The first kappa shape index (κ1) is 17.1. The highest BCUT2D eigenvalue weighted by molar-refractivity contribution is 5.23. The van der Waals surface area contributed by atoms with Crippen LogP contribution in [0.3, 0.4) is 0 Å². The molecule has 1 aromatic rings. The topological polar surface area (TPSA) is 0 Å². The standard InChI is InChI=1S/C19H25F3/c1-2-3-4-5-6-7-14-8-10-15(11-9-14)16-12-17(20)19(22)18(21)13-16/h4-5,12-15H,2-3,6-11H2,1H3. The predicted molar refractivity (Wildman–Crippen MR) is 84.3 cm³/mol. The first-order chi connectivity index (χ1) is 10.6. The molecule has 1 saturated carbocycles. The van der Waals surface area contributed by atoms with E-state index in [0.717, 1.165) is 50.7 Å². The molecule has 0 radical (unpaired) electrons. The Morgan fingerprint density at radius 1 is 0.955 bits per heavy atom. The summed E-state index contributed by atoms with van der Waals surface area (Å²) in [6.07, 6.45) is 13.2. The van der Waals surface area contributed by atoms with Gasteiger partial charge in [0.05, 0.1) is 0 Å². The lowest BCUT2D eigenvalue weighted by Crippen LogP contribution is -2.14. The zero-order chi connectivity index (χ0) is 15.9. The van der Waals surface area contributed by atoms with Crippen molar-refractivity contribution < 1.29 is 13.2 Å². The second kappa shape index (κ2) is 8.40. The molecule has 0 nitrogen and oxygen atoms in total. The highest BCUT2D eigenvalue weighted by Gasteiger charge is 2.23.